The molecule has 0 saturated carbocycles. The normalized spacial score (nSPS) is 13.1. The molecule has 13 nitrogen and oxygen atoms in total. The van der Waals surface area contributed by atoms with Gasteiger partial charge in [0.25, 0.3) is 0 Å². The largest absolute Gasteiger partial charge is 0.490 e. The highest BCUT2D eigenvalue weighted by Gasteiger charge is 2.42. The molecule has 16 heteroatoms. The predicted molar refractivity (Wildman–Crippen MR) is 150 cm³/mol. The monoisotopic (exact) mass is 606 g/mol. The Morgan fingerprint density at radius 2 is 1.49 bits per heavy atom. The van der Waals surface area contributed by atoms with E-state index in [1.54, 1.807) is 54.6 Å². The van der Waals surface area contributed by atoms with Crippen molar-refractivity contribution >= 4 is 35.5 Å². The average Bonchev–Trinajstić information content (AvgIpc) is 2.94. The molecule has 0 saturated heterocycles. The zero-order valence-corrected chi connectivity index (χ0v) is 22.9. The molecule has 232 valence electrons. The van der Waals surface area contributed by atoms with Crippen molar-refractivity contribution in [1.29, 1.82) is 5.41 Å². The van der Waals surface area contributed by atoms with Gasteiger partial charge in [-0.3, -0.25) is 24.8 Å². The van der Waals surface area contributed by atoms with Gasteiger partial charge in [-0.25, -0.2) is 4.79 Å². The van der Waals surface area contributed by atoms with Crippen LogP contribution in [0.3, 0.4) is 0 Å². The number of amidine groups is 1. The zero-order valence-electron chi connectivity index (χ0n) is 22.9. The number of benzene rings is 2. The molecule has 0 heterocycles. The number of aliphatic imine (C=N–C) groups is 1. The number of hydrogen-bond donors (Lipinski definition) is 7. The molecule has 2 rings (SSSR count). The van der Waals surface area contributed by atoms with Gasteiger partial charge in [-0.1, -0.05) is 54.6 Å². The van der Waals surface area contributed by atoms with Crippen LogP contribution < -0.4 is 33.6 Å². The van der Waals surface area contributed by atoms with Crippen molar-refractivity contribution in [3.05, 3.63) is 71.3 Å². The van der Waals surface area contributed by atoms with E-state index in [9.17, 15) is 32.3 Å². The van der Waals surface area contributed by atoms with Crippen molar-refractivity contribution in [2.75, 3.05) is 13.2 Å². The standard InChI is InChI=1S/C27H33F3N8O5/c28-27(29,30)25(42)43-14-20(24(41)37-19(22(33)39)7-4-12-36-26(34)35)38-23(40)18(16-5-2-1-3-6-16)13-15-8-10-17(11-9-15)21(31)32/h1-3,5-6,8-11,18-20H,4,7,12-14H2,(H3,31,32)(H2,33,39)(H,37,41)(H,38,40)(H4,34,35,36)/t18-,19-,20-/m0/s1. The Morgan fingerprint density at radius 1 is 0.884 bits per heavy atom. The van der Waals surface area contributed by atoms with Crippen LogP contribution in [0.5, 0.6) is 0 Å². The fourth-order valence-corrected chi connectivity index (χ4v) is 3.86. The van der Waals surface area contributed by atoms with E-state index in [-0.39, 0.29) is 37.6 Å². The molecule has 0 spiro atoms. The van der Waals surface area contributed by atoms with Crippen LogP contribution in [0.2, 0.25) is 0 Å². The van der Waals surface area contributed by atoms with Gasteiger partial charge in [0, 0.05) is 12.1 Å². The van der Waals surface area contributed by atoms with Crippen molar-refractivity contribution in [3.8, 4) is 0 Å². The molecule has 0 bridgehead atoms. The number of carbonyl (C=O) groups excluding carboxylic acids is 4. The van der Waals surface area contributed by atoms with Crippen LogP contribution in [-0.2, 0) is 30.3 Å². The molecule has 3 amide bonds. The second kappa shape index (κ2) is 15.7. The summed E-state index contributed by atoms with van der Waals surface area (Å²) < 4.78 is 42.7. The number of alkyl halides is 3. The molecule has 0 radical (unpaired) electrons. The number of guanidine groups is 1. The molecule has 2 aromatic carbocycles. The van der Waals surface area contributed by atoms with E-state index < -0.39 is 54.5 Å². The van der Waals surface area contributed by atoms with Crippen molar-refractivity contribution in [2.45, 2.75) is 43.4 Å². The number of nitrogens with one attached hydrogen (secondary N) is 3. The molecule has 2 aromatic rings. The summed E-state index contributed by atoms with van der Waals surface area (Å²) in [6.45, 7) is -1.10. The Bertz CT molecular complexity index is 1320. The number of amides is 3. The summed E-state index contributed by atoms with van der Waals surface area (Å²) in [7, 11) is 0. The van der Waals surface area contributed by atoms with Crippen LogP contribution in [0.1, 0.15) is 35.4 Å². The lowest BCUT2D eigenvalue weighted by atomic mass is 9.90. The maximum atomic E-state index is 13.5. The Labute approximate surface area is 244 Å². The van der Waals surface area contributed by atoms with Gasteiger partial charge in [-0.05, 0) is 30.4 Å². The van der Waals surface area contributed by atoms with E-state index in [4.69, 9.17) is 28.3 Å². The maximum absolute atomic E-state index is 13.5. The van der Waals surface area contributed by atoms with Gasteiger partial charge in [0.1, 0.15) is 24.5 Å². The molecular weight excluding hydrogens is 573 g/mol. The number of nitrogen functional groups attached to an aromatic ring is 1. The molecule has 0 aromatic heterocycles. The molecular formula is C27H33F3N8O5. The molecule has 0 aliphatic carbocycles. The predicted octanol–water partition coefficient (Wildman–Crippen LogP) is -0.0890. The fraction of sp³-hybridized carbons (Fsp3) is 0.333. The maximum Gasteiger partial charge on any atom is 0.490 e. The van der Waals surface area contributed by atoms with Gasteiger partial charge >= 0.3 is 12.1 Å². The summed E-state index contributed by atoms with van der Waals surface area (Å²) in [6, 6.07) is 11.7. The van der Waals surface area contributed by atoms with Crippen molar-refractivity contribution < 1.29 is 37.1 Å². The molecule has 3 atom stereocenters. The van der Waals surface area contributed by atoms with Gasteiger partial charge in [0.05, 0.1) is 5.92 Å². The summed E-state index contributed by atoms with van der Waals surface area (Å²) in [5.41, 5.74) is 23.0. The van der Waals surface area contributed by atoms with Crippen LogP contribution in [0, 0.1) is 5.41 Å². The lowest BCUT2D eigenvalue weighted by molar-refractivity contribution is -0.200. The summed E-state index contributed by atoms with van der Waals surface area (Å²) in [5.74, 6) is -6.75. The van der Waals surface area contributed by atoms with E-state index in [1.165, 1.54) is 0 Å². The lowest BCUT2D eigenvalue weighted by Gasteiger charge is -2.24. The molecule has 11 N–H and O–H groups in total. The number of halogens is 3. The summed E-state index contributed by atoms with van der Waals surface area (Å²) in [5, 5.41) is 12.2. The van der Waals surface area contributed by atoms with Crippen LogP contribution in [-0.4, -0.2) is 66.9 Å². The molecule has 0 aliphatic heterocycles. The topological polar surface area (TPSA) is 242 Å². The number of rotatable bonds is 15. The van der Waals surface area contributed by atoms with Crippen molar-refractivity contribution in [1.82, 2.24) is 10.6 Å². The van der Waals surface area contributed by atoms with Gasteiger partial charge in [-0.2, -0.15) is 13.2 Å². The van der Waals surface area contributed by atoms with Gasteiger partial charge in [0.15, 0.2) is 5.96 Å². The van der Waals surface area contributed by atoms with Crippen LogP contribution in [0.4, 0.5) is 13.2 Å². The summed E-state index contributed by atoms with van der Waals surface area (Å²) in [4.78, 5) is 53.7. The Hall–Kier alpha value is -5.15. The quantitative estimate of drug-likeness (QED) is 0.0624. The second-order valence-electron chi connectivity index (χ2n) is 9.35. The first kappa shape index (κ1) is 34.1. The van der Waals surface area contributed by atoms with Gasteiger partial charge < -0.3 is 38.3 Å². The SMILES string of the molecule is N=C(N)c1ccc(C[C@H](C(=O)N[C@@H](COC(=O)C(F)(F)F)C(=O)N[C@@H](CCCN=C(N)N)C(N)=O)c2ccccc2)cc1. The van der Waals surface area contributed by atoms with E-state index >= 15 is 0 Å². The first-order valence-corrected chi connectivity index (χ1v) is 12.9. The summed E-state index contributed by atoms with van der Waals surface area (Å²) in [6.07, 6.45) is -5.11. The molecule has 0 aliphatic rings. The number of esters is 1. The van der Waals surface area contributed by atoms with Crippen molar-refractivity contribution in [2.24, 2.45) is 27.9 Å². The Morgan fingerprint density at radius 3 is 2.02 bits per heavy atom. The van der Waals surface area contributed by atoms with Crippen LogP contribution in [0.25, 0.3) is 0 Å². The van der Waals surface area contributed by atoms with Gasteiger partial charge in [0.2, 0.25) is 17.7 Å². The second-order valence-corrected chi connectivity index (χ2v) is 9.35. The van der Waals surface area contributed by atoms with Gasteiger partial charge in [-0.15, -0.1) is 0 Å². The van der Waals surface area contributed by atoms with Crippen LogP contribution in [0.15, 0.2) is 59.6 Å². The van der Waals surface area contributed by atoms with E-state index in [2.05, 4.69) is 20.4 Å². The highest BCUT2D eigenvalue weighted by molar-refractivity contribution is 5.95. The number of nitrogens with two attached hydrogens (primary N) is 4. The molecule has 0 unspecified atom stereocenters. The summed E-state index contributed by atoms with van der Waals surface area (Å²) >= 11 is 0. The zero-order chi connectivity index (χ0) is 32.2. The van der Waals surface area contributed by atoms with Crippen LogP contribution >= 0.6 is 0 Å². The number of primary amides is 1. The lowest BCUT2D eigenvalue weighted by Crippen LogP contribution is -2.55. The van der Waals surface area contributed by atoms with E-state index in [0.717, 1.165) is 0 Å². The average molecular weight is 607 g/mol. The van der Waals surface area contributed by atoms with E-state index in [1.807, 2.05) is 0 Å². The number of ether oxygens (including phenoxy) is 1. The number of hydrogen-bond acceptors (Lipinski definition) is 7. The Balaban J connectivity index is 2.31. The molecule has 0 fully saturated rings. The Kier molecular flexibility index (Phi) is 12.5. The third-order valence-corrected chi connectivity index (χ3v) is 6.07. The third kappa shape index (κ3) is 11.3. The first-order valence-electron chi connectivity index (χ1n) is 12.9. The highest BCUT2D eigenvalue weighted by atomic mass is 19.4. The number of nitrogens with zero attached hydrogens (tertiary/aromatic N) is 1. The first-order chi connectivity index (χ1) is 20.2. The smallest absolute Gasteiger partial charge is 0.456 e. The minimum absolute atomic E-state index is 0.0379. The molecule has 43 heavy (non-hydrogen) atoms. The van der Waals surface area contributed by atoms with Crippen molar-refractivity contribution in [3.63, 3.8) is 0 Å². The fourth-order valence-electron chi connectivity index (χ4n) is 3.86. The highest BCUT2D eigenvalue weighted by Crippen LogP contribution is 2.22. The number of carbonyl (C=O) groups is 4. The minimum Gasteiger partial charge on any atom is -0.456 e. The third-order valence-electron chi connectivity index (χ3n) is 6.07. The minimum atomic E-state index is -5.36. The van der Waals surface area contributed by atoms with E-state index in [0.29, 0.717) is 16.7 Å².